The first kappa shape index (κ1) is 28.4. The lowest BCUT2D eigenvalue weighted by molar-refractivity contribution is 0.0736. The zero-order valence-corrected chi connectivity index (χ0v) is 25.5. The highest BCUT2D eigenvalue weighted by atomic mass is 35.5. The van der Waals surface area contributed by atoms with Gasteiger partial charge in [0.15, 0.2) is 5.78 Å². The minimum absolute atomic E-state index is 0.105. The Morgan fingerprint density at radius 2 is 1.84 bits per heavy atom. The van der Waals surface area contributed by atoms with Crippen molar-refractivity contribution in [1.29, 1.82) is 0 Å². The molecule has 3 aliphatic carbocycles. The number of hydrogen-bond acceptors (Lipinski definition) is 5. The molecule has 0 N–H and O–H groups in total. The van der Waals surface area contributed by atoms with Gasteiger partial charge in [-0.1, -0.05) is 28.8 Å². The summed E-state index contributed by atoms with van der Waals surface area (Å²) in [4.78, 5) is 23.7. The number of allylic oxidation sites excluding steroid dienone is 1. The molecule has 7 rings (SSSR count). The van der Waals surface area contributed by atoms with E-state index in [9.17, 15) is 13.4 Å². The second kappa shape index (κ2) is 10.7. The molecule has 1 unspecified atom stereocenters. The molecular weight excluding hydrogens is 608 g/mol. The molecule has 0 saturated heterocycles. The Kier molecular flexibility index (Phi) is 7.04. The normalized spacial score (nSPS) is 22.8. The molecule has 0 radical (unpaired) electrons. The Bertz CT molecular complexity index is 1870. The van der Waals surface area contributed by atoms with Crippen molar-refractivity contribution in [2.45, 2.75) is 55.5 Å². The van der Waals surface area contributed by atoms with Gasteiger partial charge in [-0.3, -0.25) is 9.78 Å². The van der Waals surface area contributed by atoms with E-state index < -0.39 is 15.1 Å². The third kappa shape index (κ3) is 5.02. The number of halogens is 3. The molecule has 220 valence electrons. The molecule has 3 aromatic heterocycles. The maximum Gasteiger partial charge on any atom is 0.191 e. The van der Waals surface area contributed by atoms with Crippen LogP contribution in [0.4, 0.5) is 4.39 Å². The molecule has 2 saturated carbocycles. The molecule has 0 amide bonds. The summed E-state index contributed by atoms with van der Waals surface area (Å²) >= 11 is 12.3. The van der Waals surface area contributed by atoms with Crippen LogP contribution in [0.2, 0.25) is 10.2 Å². The average molecular weight is 637 g/mol. The number of rotatable bonds is 7. The number of hydrogen-bond donors (Lipinski definition) is 0. The summed E-state index contributed by atoms with van der Waals surface area (Å²) in [6.45, 7) is 0. The van der Waals surface area contributed by atoms with Crippen LogP contribution >= 0.6 is 23.2 Å². The predicted molar refractivity (Wildman–Crippen MR) is 166 cm³/mol. The first-order valence-corrected chi connectivity index (χ1v) is 16.6. The first-order valence-electron chi connectivity index (χ1n) is 14.1. The number of Topliss-reactive ketones (excluding diaryl/α,β-unsaturated/α-hetero) is 1. The maximum atomic E-state index is 14.6. The van der Waals surface area contributed by atoms with Crippen LogP contribution in [-0.4, -0.2) is 52.0 Å². The van der Waals surface area contributed by atoms with E-state index in [1.54, 1.807) is 53.5 Å². The summed E-state index contributed by atoms with van der Waals surface area (Å²) in [6.07, 6.45) is 10.9. The quantitative estimate of drug-likeness (QED) is 0.129. The van der Waals surface area contributed by atoms with E-state index in [-0.39, 0.29) is 23.7 Å². The average Bonchev–Trinajstić information content (AvgIpc) is 3.74. The Balaban J connectivity index is 1.32. The number of benzene rings is 1. The van der Waals surface area contributed by atoms with Crippen LogP contribution in [0.25, 0.3) is 11.8 Å². The van der Waals surface area contributed by atoms with Crippen molar-refractivity contribution in [1.82, 2.24) is 24.1 Å². The van der Waals surface area contributed by atoms with Gasteiger partial charge in [-0.15, -0.1) is 0 Å². The SMILES string of the molecule is C=S(=O)(c1ccc(Cl)nc1)N(C1CC1)[C@H]1CCC2=Cc3c(cnn3-c3ccc(F)cc3)C[C@]2(C(=O)c2cc(Cl)ccn2)C1. The summed E-state index contributed by atoms with van der Waals surface area (Å²) in [5, 5.41) is 5.38. The monoisotopic (exact) mass is 635 g/mol. The Labute approximate surface area is 259 Å². The van der Waals surface area contributed by atoms with Gasteiger partial charge in [-0.25, -0.2) is 22.6 Å². The number of aromatic nitrogens is 4. The van der Waals surface area contributed by atoms with Gasteiger partial charge in [0.05, 0.1) is 37.6 Å². The van der Waals surface area contributed by atoms with Crippen LogP contribution in [0.1, 0.15) is 53.8 Å². The molecule has 43 heavy (non-hydrogen) atoms. The van der Waals surface area contributed by atoms with Crippen LogP contribution in [0, 0.1) is 11.2 Å². The Morgan fingerprint density at radius 1 is 1.05 bits per heavy atom. The van der Waals surface area contributed by atoms with Gasteiger partial charge < -0.3 is 0 Å². The van der Waals surface area contributed by atoms with E-state index in [1.807, 2.05) is 4.31 Å². The van der Waals surface area contributed by atoms with Crippen molar-refractivity contribution < 1.29 is 13.4 Å². The van der Waals surface area contributed by atoms with Gasteiger partial charge in [0, 0.05) is 29.5 Å². The lowest BCUT2D eigenvalue weighted by atomic mass is 9.60. The van der Waals surface area contributed by atoms with E-state index >= 15 is 0 Å². The molecule has 4 aromatic rings. The molecular formula is C32H28Cl2FN5O2S. The topological polar surface area (TPSA) is 81.0 Å². The molecule has 0 bridgehead atoms. The molecule has 0 aliphatic heterocycles. The van der Waals surface area contributed by atoms with Crippen LogP contribution in [0.3, 0.4) is 0 Å². The highest BCUT2D eigenvalue weighted by molar-refractivity contribution is 7.98. The van der Waals surface area contributed by atoms with Crippen molar-refractivity contribution in [3.63, 3.8) is 0 Å². The van der Waals surface area contributed by atoms with E-state index in [0.717, 1.165) is 35.4 Å². The van der Waals surface area contributed by atoms with Crippen molar-refractivity contribution in [3.8, 4) is 5.69 Å². The fourth-order valence-electron chi connectivity index (χ4n) is 6.64. The van der Waals surface area contributed by atoms with Gasteiger partial charge >= 0.3 is 0 Å². The molecule has 3 aliphatic rings. The second-order valence-electron chi connectivity index (χ2n) is 11.5. The zero-order chi connectivity index (χ0) is 29.9. The number of pyridine rings is 2. The third-order valence-corrected chi connectivity index (χ3v) is 11.5. The lowest BCUT2D eigenvalue weighted by Gasteiger charge is -2.47. The van der Waals surface area contributed by atoms with Crippen molar-refractivity contribution in [2.24, 2.45) is 5.41 Å². The fraction of sp³-hybridized carbons (Fsp3) is 0.281. The number of carbonyl (C=O) groups is 1. The van der Waals surface area contributed by atoms with Gasteiger partial charge in [0.1, 0.15) is 16.7 Å². The summed E-state index contributed by atoms with van der Waals surface area (Å²) in [7, 11) is -2.91. The number of fused-ring (bicyclic) bond motifs is 2. The van der Waals surface area contributed by atoms with Crippen molar-refractivity contribution >= 4 is 50.6 Å². The van der Waals surface area contributed by atoms with Crippen LogP contribution in [-0.2, 0) is 16.1 Å². The maximum absolute atomic E-state index is 14.6. The van der Waals surface area contributed by atoms with Gasteiger partial charge in [0.25, 0.3) is 0 Å². The van der Waals surface area contributed by atoms with E-state index in [4.69, 9.17) is 23.2 Å². The largest absolute Gasteiger partial charge is 0.291 e. The first-order chi connectivity index (χ1) is 20.7. The van der Waals surface area contributed by atoms with Crippen LogP contribution < -0.4 is 0 Å². The molecule has 2 fully saturated rings. The Morgan fingerprint density at radius 3 is 2.53 bits per heavy atom. The molecule has 7 nitrogen and oxygen atoms in total. The minimum Gasteiger partial charge on any atom is -0.291 e. The lowest BCUT2D eigenvalue weighted by Crippen LogP contribution is -2.51. The number of ketones is 1. The molecule has 3 heterocycles. The third-order valence-electron chi connectivity index (χ3n) is 8.77. The molecule has 1 aromatic carbocycles. The fourth-order valence-corrected chi connectivity index (χ4v) is 9.01. The van der Waals surface area contributed by atoms with Gasteiger partial charge in [-0.2, -0.15) is 5.10 Å². The van der Waals surface area contributed by atoms with E-state index in [2.05, 4.69) is 27.0 Å². The minimum atomic E-state index is -2.91. The highest BCUT2D eigenvalue weighted by Crippen LogP contribution is 2.52. The second-order valence-corrected chi connectivity index (χ2v) is 14.5. The number of nitrogens with zero attached hydrogens (tertiary/aromatic N) is 5. The van der Waals surface area contributed by atoms with Crippen molar-refractivity contribution in [3.05, 3.63) is 106 Å². The molecule has 11 heteroatoms. The summed E-state index contributed by atoms with van der Waals surface area (Å²) in [6, 6.07) is 12.7. The van der Waals surface area contributed by atoms with E-state index in [0.29, 0.717) is 46.4 Å². The Hall–Kier alpha value is -3.37. The highest BCUT2D eigenvalue weighted by Gasteiger charge is 2.53. The standard InChI is InChI=1S/C32H28Cl2FN5O2S/c1-43(42,27-10-11-30(34)37-19-27)40(25-8-9-25)26-5-2-21-14-29-20(18-38-39(29)24-6-3-23(35)4-7-24)16-32(21,17-26)31(41)28-15-22(33)12-13-36-28/h3-4,6-7,10-15,18-19,25-26H,1-2,5,8-9,16-17H2/t26-,32-,43?/m0/s1. The van der Waals surface area contributed by atoms with Crippen LogP contribution in [0.15, 0.2) is 77.6 Å². The van der Waals surface area contributed by atoms with E-state index in [1.165, 1.54) is 18.3 Å². The summed E-state index contributed by atoms with van der Waals surface area (Å²) in [5.74, 6) is 3.79. The summed E-state index contributed by atoms with van der Waals surface area (Å²) < 4.78 is 32.0. The predicted octanol–water partition coefficient (Wildman–Crippen LogP) is 6.62. The molecule has 0 spiro atoms. The smallest absolute Gasteiger partial charge is 0.191 e. The number of carbonyl (C=O) groups excluding carboxylic acids is 1. The van der Waals surface area contributed by atoms with Crippen molar-refractivity contribution in [2.75, 3.05) is 0 Å². The summed E-state index contributed by atoms with van der Waals surface area (Å²) in [5.41, 5.74) is 2.84. The van der Waals surface area contributed by atoms with Gasteiger partial charge in [0.2, 0.25) is 0 Å². The van der Waals surface area contributed by atoms with Crippen LogP contribution in [0.5, 0.6) is 0 Å². The molecule has 3 atom stereocenters. The zero-order valence-electron chi connectivity index (χ0n) is 23.1. The van der Waals surface area contributed by atoms with Gasteiger partial charge in [-0.05, 0) is 105 Å².